The number of allylic oxidation sites excluding steroid dienone is 1. The van der Waals surface area contributed by atoms with Gasteiger partial charge in [0.25, 0.3) is 17.3 Å². The molecule has 1 atom stereocenters. The summed E-state index contributed by atoms with van der Waals surface area (Å²) in [5, 5.41) is 29.7. The monoisotopic (exact) mass is 397 g/mol. The minimum atomic E-state index is -1.05. The van der Waals surface area contributed by atoms with Crippen LogP contribution in [0.4, 0.5) is 21.9 Å². The van der Waals surface area contributed by atoms with Crippen LogP contribution in [0, 0.1) is 20.2 Å². The van der Waals surface area contributed by atoms with E-state index in [1.807, 2.05) is 0 Å². The van der Waals surface area contributed by atoms with Crippen LogP contribution in [0.1, 0.15) is 18.5 Å². The number of urea groups is 1. The molecular weight excluding hydrogens is 382 g/mol. The summed E-state index contributed by atoms with van der Waals surface area (Å²) >= 11 is 0. The summed E-state index contributed by atoms with van der Waals surface area (Å²) in [6.07, 6.45) is 0. The van der Waals surface area contributed by atoms with Crippen molar-refractivity contribution < 1.29 is 19.4 Å². The Hall–Kier alpha value is -4.28. The van der Waals surface area contributed by atoms with E-state index >= 15 is 0 Å². The number of amides is 3. The predicted octanol–water partition coefficient (Wildman–Crippen LogP) is 2.77. The van der Waals surface area contributed by atoms with Crippen LogP contribution < -0.4 is 16.0 Å². The van der Waals surface area contributed by atoms with E-state index in [0.717, 1.165) is 0 Å². The third-order valence-electron chi connectivity index (χ3n) is 4.29. The quantitative estimate of drug-likeness (QED) is 0.520. The summed E-state index contributed by atoms with van der Waals surface area (Å²) < 4.78 is 0. The van der Waals surface area contributed by atoms with Crippen molar-refractivity contribution in [2.24, 2.45) is 0 Å². The highest BCUT2D eigenvalue weighted by atomic mass is 16.6. The summed E-state index contributed by atoms with van der Waals surface area (Å²) in [6, 6.07) is 9.33. The van der Waals surface area contributed by atoms with Crippen LogP contribution in [0.3, 0.4) is 0 Å². The second-order valence-electron chi connectivity index (χ2n) is 6.14. The van der Waals surface area contributed by atoms with Crippen molar-refractivity contribution in [3.8, 4) is 0 Å². The highest BCUT2D eigenvalue weighted by Gasteiger charge is 2.34. The average molecular weight is 397 g/mol. The molecule has 0 spiro atoms. The molecule has 1 aliphatic rings. The number of rotatable bonds is 5. The molecule has 0 bridgehead atoms. The van der Waals surface area contributed by atoms with Gasteiger partial charge in [-0.05, 0) is 25.1 Å². The Morgan fingerprint density at radius 3 is 2.31 bits per heavy atom. The fraction of sp³-hybridized carbons (Fsp3) is 0.111. The third kappa shape index (κ3) is 4.03. The highest BCUT2D eigenvalue weighted by Crippen LogP contribution is 2.33. The zero-order chi connectivity index (χ0) is 21.1. The fourth-order valence-electron chi connectivity index (χ4n) is 2.99. The molecule has 3 rings (SSSR count). The molecule has 0 saturated heterocycles. The summed E-state index contributed by atoms with van der Waals surface area (Å²) in [5.74, 6) is -0.619. The van der Waals surface area contributed by atoms with Crippen LogP contribution in [0.5, 0.6) is 0 Å². The molecule has 1 unspecified atom stereocenters. The molecule has 0 fully saturated rings. The van der Waals surface area contributed by atoms with Crippen molar-refractivity contribution in [1.82, 2.24) is 10.6 Å². The lowest BCUT2D eigenvalue weighted by Crippen LogP contribution is -2.46. The molecule has 11 nitrogen and oxygen atoms in total. The maximum absolute atomic E-state index is 12.9. The van der Waals surface area contributed by atoms with Gasteiger partial charge in [-0.25, -0.2) is 4.79 Å². The molecule has 2 aromatic rings. The average Bonchev–Trinajstić information content (AvgIpc) is 2.67. The van der Waals surface area contributed by atoms with Crippen molar-refractivity contribution in [3.05, 3.63) is 85.6 Å². The number of nitrogens with one attached hydrogen (secondary N) is 3. The standard InChI is InChI=1S/C18H15N5O6/c1-10-15(17(24)20-11-6-8-12(9-7-11)22(26)27)16(21-18(25)19-10)13-4-2-3-5-14(13)23(28)29/h2-9,16H,1H3,(H,20,24)(H2,19,21,25). The lowest BCUT2D eigenvalue weighted by Gasteiger charge is -2.28. The summed E-state index contributed by atoms with van der Waals surface area (Å²) in [4.78, 5) is 45.8. The van der Waals surface area contributed by atoms with E-state index in [1.54, 1.807) is 6.07 Å². The highest BCUT2D eigenvalue weighted by molar-refractivity contribution is 6.07. The Kier molecular flexibility index (Phi) is 5.21. The number of benzene rings is 2. The van der Waals surface area contributed by atoms with Crippen molar-refractivity contribution in [2.75, 3.05) is 5.32 Å². The molecule has 1 heterocycles. The van der Waals surface area contributed by atoms with E-state index < -0.39 is 27.8 Å². The number of para-hydroxylation sites is 1. The van der Waals surface area contributed by atoms with Crippen molar-refractivity contribution in [2.45, 2.75) is 13.0 Å². The molecule has 2 aromatic carbocycles. The lowest BCUT2D eigenvalue weighted by atomic mass is 9.93. The lowest BCUT2D eigenvalue weighted by molar-refractivity contribution is -0.385. The Bertz CT molecular complexity index is 1050. The first kappa shape index (κ1) is 19.5. The van der Waals surface area contributed by atoms with E-state index in [1.165, 1.54) is 49.4 Å². The van der Waals surface area contributed by atoms with Crippen LogP contribution in [0.25, 0.3) is 0 Å². The molecule has 0 aliphatic carbocycles. The van der Waals surface area contributed by atoms with Crippen LogP contribution >= 0.6 is 0 Å². The number of hydrogen-bond acceptors (Lipinski definition) is 6. The Balaban J connectivity index is 1.97. The Morgan fingerprint density at radius 1 is 1.03 bits per heavy atom. The number of carbonyl (C=O) groups excluding carboxylic acids is 2. The number of nitro groups is 2. The summed E-state index contributed by atoms with van der Waals surface area (Å²) in [6.45, 7) is 1.51. The van der Waals surface area contributed by atoms with Gasteiger partial charge in [-0.1, -0.05) is 12.1 Å². The van der Waals surface area contributed by atoms with Gasteiger partial charge in [0.15, 0.2) is 0 Å². The van der Waals surface area contributed by atoms with E-state index in [-0.39, 0.29) is 28.2 Å². The van der Waals surface area contributed by atoms with Crippen molar-refractivity contribution >= 4 is 29.0 Å². The SMILES string of the molecule is CC1=C(C(=O)Nc2ccc([N+](=O)[O-])cc2)C(c2ccccc2[N+](=O)[O-])NC(=O)N1. The molecular formula is C18H15N5O6. The molecule has 1 aliphatic heterocycles. The van der Waals surface area contributed by atoms with Crippen LogP contribution in [0.15, 0.2) is 59.8 Å². The summed E-state index contributed by atoms with van der Waals surface area (Å²) in [5.41, 5.74) is 0.379. The molecule has 11 heteroatoms. The largest absolute Gasteiger partial charge is 0.326 e. The fourth-order valence-corrected chi connectivity index (χ4v) is 2.99. The number of anilines is 1. The number of nitro benzene ring substituents is 2. The number of carbonyl (C=O) groups is 2. The number of nitrogens with zero attached hydrogens (tertiary/aromatic N) is 2. The molecule has 0 saturated carbocycles. The van der Waals surface area contributed by atoms with Gasteiger partial charge in [0.1, 0.15) is 0 Å². The first-order valence-corrected chi connectivity index (χ1v) is 8.35. The topological polar surface area (TPSA) is 157 Å². The Morgan fingerprint density at radius 2 is 1.69 bits per heavy atom. The second kappa shape index (κ2) is 7.76. The van der Waals surface area contributed by atoms with Crippen LogP contribution in [0.2, 0.25) is 0 Å². The van der Waals surface area contributed by atoms with Gasteiger partial charge in [-0.2, -0.15) is 0 Å². The van der Waals surface area contributed by atoms with Gasteiger partial charge in [0, 0.05) is 29.6 Å². The maximum Gasteiger partial charge on any atom is 0.319 e. The first-order chi connectivity index (χ1) is 13.8. The molecule has 3 N–H and O–H groups in total. The van der Waals surface area contributed by atoms with Crippen molar-refractivity contribution in [1.29, 1.82) is 0 Å². The predicted molar refractivity (Wildman–Crippen MR) is 102 cm³/mol. The molecule has 0 aromatic heterocycles. The third-order valence-corrected chi connectivity index (χ3v) is 4.29. The van der Waals surface area contributed by atoms with E-state index in [4.69, 9.17) is 0 Å². The van der Waals surface area contributed by atoms with Crippen molar-refractivity contribution in [3.63, 3.8) is 0 Å². The molecule has 29 heavy (non-hydrogen) atoms. The van der Waals surface area contributed by atoms with Crippen LogP contribution in [-0.4, -0.2) is 21.8 Å². The zero-order valence-corrected chi connectivity index (χ0v) is 15.0. The minimum absolute atomic E-state index is 0.0808. The van der Waals surface area contributed by atoms with E-state index in [0.29, 0.717) is 5.69 Å². The Labute approximate surface area is 163 Å². The van der Waals surface area contributed by atoms with Gasteiger partial charge in [0.05, 0.1) is 27.0 Å². The van der Waals surface area contributed by atoms with Gasteiger partial charge < -0.3 is 16.0 Å². The normalized spacial score (nSPS) is 15.9. The number of hydrogen-bond donors (Lipinski definition) is 3. The van der Waals surface area contributed by atoms with E-state index in [2.05, 4.69) is 16.0 Å². The first-order valence-electron chi connectivity index (χ1n) is 8.35. The smallest absolute Gasteiger partial charge is 0.319 e. The molecule has 0 radical (unpaired) electrons. The second-order valence-corrected chi connectivity index (χ2v) is 6.14. The van der Waals surface area contributed by atoms with Crippen LogP contribution in [-0.2, 0) is 4.79 Å². The molecule has 3 amide bonds. The van der Waals surface area contributed by atoms with Gasteiger partial charge >= 0.3 is 6.03 Å². The summed E-state index contributed by atoms with van der Waals surface area (Å²) in [7, 11) is 0. The molecule has 148 valence electrons. The van der Waals surface area contributed by atoms with E-state index in [9.17, 15) is 29.8 Å². The van der Waals surface area contributed by atoms with Gasteiger partial charge in [0.2, 0.25) is 0 Å². The minimum Gasteiger partial charge on any atom is -0.326 e. The van der Waals surface area contributed by atoms with Gasteiger partial charge in [-0.15, -0.1) is 0 Å². The maximum atomic E-state index is 12.9. The number of non-ortho nitro benzene ring substituents is 1. The zero-order valence-electron chi connectivity index (χ0n) is 15.0. The van der Waals surface area contributed by atoms with Gasteiger partial charge in [-0.3, -0.25) is 25.0 Å².